The first-order valence-corrected chi connectivity index (χ1v) is 6.41. The van der Waals surface area contributed by atoms with Crippen LogP contribution in [0.2, 0.25) is 0 Å². The van der Waals surface area contributed by atoms with Crippen molar-refractivity contribution in [2.45, 2.75) is 38.7 Å². The van der Waals surface area contributed by atoms with Gasteiger partial charge in [0.2, 0.25) is 0 Å². The lowest BCUT2D eigenvalue weighted by molar-refractivity contribution is -0.0486. The van der Waals surface area contributed by atoms with Gasteiger partial charge in [0, 0.05) is 18.2 Å². The van der Waals surface area contributed by atoms with Crippen molar-refractivity contribution >= 4 is 0 Å². The average Bonchev–Trinajstić information content (AvgIpc) is 2.76. The molecule has 1 fully saturated rings. The van der Waals surface area contributed by atoms with E-state index in [0.29, 0.717) is 5.56 Å². The van der Waals surface area contributed by atoms with Crippen molar-refractivity contribution in [2.24, 2.45) is 0 Å². The standard InChI is InChI=1S/C13H18N2O5/c1-3-4-19-7-10-9(16)5-11(20-10)15-6-8(2)12(17)14-13(15)18/h3-4,6,9-11,16H,5,7H2,1-2H3,(H,14,17,18)/t9?,10-,11-/m1/s1. The van der Waals surface area contributed by atoms with Crippen LogP contribution >= 0.6 is 0 Å². The van der Waals surface area contributed by atoms with Crippen LogP contribution in [0.5, 0.6) is 0 Å². The number of aromatic nitrogens is 2. The molecule has 2 rings (SSSR count). The predicted octanol–water partition coefficient (Wildman–Crippen LogP) is 0.0436. The summed E-state index contributed by atoms with van der Waals surface area (Å²) in [5.41, 5.74) is -0.554. The number of ether oxygens (including phenoxy) is 2. The largest absolute Gasteiger partial charge is 0.499 e. The maximum atomic E-state index is 11.8. The molecule has 1 unspecified atom stereocenters. The van der Waals surface area contributed by atoms with Crippen LogP contribution in [0.25, 0.3) is 0 Å². The molecule has 1 aromatic heterocycles. The minimum Gasteiger partial charge on any atom is -0.499 e. The van der Waals surface area contributed by atoms with Crippen LogP contribution in [0.3, 0.4) is 0 Å². The van der Waals surface area contributed by atoms with E-state index in [9.17, 15) is 14.7 Å². The Bertz CT molecular complexity index is 604. The Morgan fingerprint density at radius 1 is 1.60 bits per heavy atom. The Morgan fingerprint density at radius 3 is 3.05 bits per heavy atom. The van der Waals surface area contributed by atoms with Gasteiger partial charge in [-0.15, -0.1) is 0 Å². The molecule has 7 nitrogen and oxygen atoms in total. The van der Waals surface area contributed by atoms with Gasteiger partial charge >= 0.3 is 5.69 Å². The molecule has 0 bridgehead atoms. The second-order valence-corrected chi connectivity index (χ2v) is 4.71. The fraction of sp³-hybridized carbons (Fsp3) is 0.538. The highest BCUT2D eigenvalue weighted by Crippen LogP contribution is 2.27. The van der Waals surface area contributed by atoms with Crippen molar-refractivity contribution < 1.29 is 14.6 Å². The molecular formula is C13H18N2O5. The van der Waals surface area contributed by atoms with Crippen LogP contribution in [0, 0.1) is 6.92 Å². The van der Waals surface area contributed by atoms with E-state index >= 15 is 0 Å². The fourth-order valence-corrected chi connectivity index (χ4v) is 2.08. The first kappa shape index (κ1) is 14.5. The molecule has 0 aromatic carbocycles. The lowest BCUT2D eigenvalue weighted by Gasteiger charge is -2.15. The molecule has 110 valence electrons. The summed E-state index contributed by atoms with van der Waals surface area (Å²) in [5, 5.41) is 9.92. The first-order valence-electron chi connectivity index (χ1n) is 6.41. The predicted molar refractivity (Wildman–Crippen MR) is 71.4 cm³/mol. The van der Waals surface area contributed by atoms with Crippen molar-refractivity contribution in [3.8, 4) is 0 Å². The van der Waals surface area contributed by atoms with Crippen molar-refractivity contribution in [3.05, 3.63) is 44.9 Å². The van der Waals surface area contributed by atoms with Crippen LogP contribution < -0.4 is 11.2 Å². The van der Waals surface area contributed by atoms with Gasteiger partial charge in [0.15, 0.2) is 0 Å². The SMILES string of the molecule is CC=COC[C@H]1O[C@@H](n2cc(C)c(=O)[nH]c2=O)CC1O. The quantitative estimate of drug-likeness (QED) is 0.761. The molecule has 0 aliphatic carbocycles. The fourth-order valence-electron chi connectivity index (χ4n) is 2.08. The number of nitrogens with one attached hydrogen (secondary N) is 1. The average molecular weight is 282 g/mol. The van der Waals surface area contributed by atoms with E-state index in [-0.39, 0.29) is 13.0 Å². The molecule has 1 saturated heterocycles. The number of aromatic amines is 1. The van der Waals surface area contributed by atoms with E-state index < -0.39 is 29.7 Å². The molecule has 2 heterocycles. The van der Waals surface area contributed by atoms with Crippen LogP contribution in [0.1, 0.15) is 25.1 Å². The zero-order valence-corrected chi connectivity index (χ0v) is 11.4. The molecule has 0 radical (unpaired) electrons. The van der Waals surface area contributed by atoms with Gasteiger partial charge in [-0.2, -0.15) is 0 Å². The van der Waals surface area contributed by atoms with Gasteiger partial charge in [0.1, 0.15) is 18.9 Å². The molecule has 0 amide bonds. The summed E-state index contributed by atoms with van der Waals surface area (Å²) in [5.74, 6) is 0. The van der Waals surface area contributed by atoms with Gasteiger partial charge < -0.3 is 14.6 Å². The maximum Gasteiger partial charge on any atom is 0.330 e. The van der Waals surface area contributed by atoms with Gasteiger partial charge in [0.25, 0.3) is 5.56 Å². The Labute approximate surface area is 115 Å². The highest BCUT2D eigenvalue weighted by molar-refractivity contribution is 5.02. The molecular weight excluding hydrogens is 264 g/mol. The Kier molecular flexibility index (Phi) is 4.41. The monoisotopic (exact) mass is 282 g/mol. The number of aliphatic hydroxyl groups is 1. The van der Waals surface area contributed by atoms with Crippen LogP contribution in [-0.4, -0.2) is 33.5 Å². The minimum absolute atomic E-state index is 0.207. The van der Waals surface area contributed by atoms with Crippen LogP contribution in [-0.2, 0) is 9.47 Å². The number of rotatable bonds is 4. The number of aryl methyl sites for hydroxylation is 1. The van der Waals surface area contributed by atoms with Crippen molar-refractivity contribution in [3.63, 3.8) is 0 Å². The molecule has 3 atom stereocenters. The normalized spacial score (nSPS) is 26.2. The molecule has 2 N–H and O–H groups in total. The van der Waals surface area contributed by atoms with E-state index in [1.807, 2.05) is 6.92 Å². The summed E-state index contributed by atoms with van der Waals surface area (Å²) in [6.45, 7) is 3.63. The van der Waals surface area contributed by atoms with E-state index in [1.54, 1.807) is 13.0 Å². The lowest BCUT2D eigenvalue weighted by Crippen LogP contribution is -2.33. The highest BCUT2D eigenvalue weighted by atomic mass is 16.6. The van der Waals surface area contributed by atoms with Gasteiger partial charge in [0.05, 0.1) is 12.4 Å². The maximum absolute atomic E-state index is 11.8. The summed E-state index contributed by atoms with van der Waals surface area (Å²) in [6, 6.07) is 0. The zero-order chi connectivity index (χ0) is 14.7. The summed E-state index contributed by atoms with van der Waals surface area (Å²) in [4.78, 5) is 25.3. The third-order valence-corrected chi connectivity index (χ3v) is 3.15. The van der Waals surface area contributed by atoms with Gasteiger partial charge in [-0.05, 0) is 13.8 Å². The number of nitrogens with zero attached hydrogens (tertiary/aromatic N) is 1. The van der Waals surface area contributed by atoms with E-state index in [0.717, 1.165) is 0 Å². The summed E-state index contributed by atoms with van der Waals surface area (Å²) in [6.07, 6.45) is 3.13. The summed E-state index contributed by atoms with van der Waals surface area (Å²) >= 11 is 0. The summed E-state index contributed by atoms with van der Waals surface area (Å²) < 4.78 is 12.1. The van der Waals surface area contributed by atoms with Gasteiger partial charge in [-0.25, -0.2) is 4.79 Å². The van der Waals surface area contributed by atoms with Gasteiger partial charge in [-0.3, -0.25) is 14.3 Å². The number of hydrogen-bond donors (Lipinski definition) is 2. The third-order valence-electron chi connectivity index (χ3n) is 3.15. The number of aliphatic hydroxyl groups excluding tert-OH is 1. The molecule has 0 spiro atoms. The first-order chi connectivity index (χ1) is 9.52. The topological polar surface area (TPSA) is 93.5 Å². The zero-order valence-electron chi connectivity index (χ0n) is 11.4. The lowest BCUT2D eigenvalue weighted by atomic mass is 10.2. The van der Waals surface area contributed by atoms with Crippen LogP contribution in [0.15, 0.2) is 28.1 Å². The number of hydrogen-bond acceptors (Lipinski definition) is 5. The van der Waals surface area contributed by atoms with Crippen molar-refractivity contribution in [1.29, 1.82) is 0 Å². The molecule has 1 aromatic rings. The molecule has 0 saturated carbocycles. The second kappa shape index (κ2) is 6.06. The second-order valence-electron chi connectivity index (χ2n) is 4.71. The molecule has 1 aliphatic rings. The highest BCUT2D eigenvalue weighted by Gasteiger charge is 2.35. The van der Waals surface area contributed by atoms with E-state index in [4.69, 9.17) is 9.47 Å². The van der Waals surface area contributed by atoms with Crippen molar-refractivity contribution in [2.75, 3.05) is 6.61 Å². The van der Waals surface area contributed by atoms with E-state index in [1.165, 1.54) is 17.0 Å². The molecule has 1 aliphatic heterocycles. The molecule has 7 heteroatoms. The van der Waals surface area contributed by atoms with Crippen LogP contribution in [0.4, 0.5) is 0 Å². The molecule has 20 heavy (non-hydrogen) atoms. The van der Waals surface area contributed by atoms with Gasteiger partial charge in [-0.1, -0.05) is 6.08 Å². The Morgan fingerprint density at radius 2 is 2.35 bits per heavy atom. The van der Waals surface area contributed by atoms with Crippen molar-refractivity contribution in [1.82, 2.24) is 9.55 Å². The minimum atomic E-state index is -0.718. The Balaban J connectivity index is 2.14. The number of H-pyrrole nitrogens is 1. The Hall–Kier alpha value is -1.86. The van der Waals surface area contributed by atoms with E-state index in [2.05, 4.69) is 4.98 Å². The summed E-state index contributed by atoms with van der Waals surface area (Å²) in [7, 11) is 0. The third kappa shape index (κ3) is 3.00. The number of allylic oxidation sites excluding steroid dienone is 1. The smallest absolute Gasteiger partial charge is 0.330 e.